The summed E-state index contributed by atoms with van der Waals surface area (Å²) in [5.41, 5.74) is 0. The molecule has 102 valence electrons. The smallest absolute Gasteiger partial charge is 0.234 e. The molecule has 0 heterocycles. The van der Waals surface area contributed by atoms with Crippen LogP contribution in [0.4, 0.5) is 4.39 Å². The van der Waals surface area contributed by atoms with Crippen LogP contribution in [0.3, 0.4) is 0 Å². The Morgan fingerprint density at radius 2 is 2.00 bits per heavy atom. The van der Waals surface area contributed by atoms with Crippen LogP contribution >= 0.6 is 12.4 Å². The zero-order valence-electron chi connectivity index (χ0n) is 10.4. The van der Waals surface area contributed by atoms with E-state index >= 15 is 0 Å². The highest BCUT2D eigenvalue weighted by Crippen LogP contribution is 2.12. The van der Waals surface area contributed by atoms with Crippen molar-refractivity contribution in [1.29, 1.82) is 0 Å². The van der Waals surface area contributed by atoms with E-state index in [1.54, 1.807) is 19.2 Å². The molecular weight excluding hydrogens is 259 g/mol. The van der Waals surface area contributed by atoms with Gasteiger partial charge in [-0.05, 0) is 38.2 Å². The number of likely N-dealkylation sites (N-methyl/N-ethyl adjacent to an activating group) is 1. The van der Waals surface area contributed by atoms with Crippen molar-refractivity contribution in [2.24, 2.45) is 0 Å². The highest BCUT2D eigenvalue weighted by Gasteiger charge is 2.06. The molecule has 0 bridgehead atoms. The first-order valence-corrected chi connectivity index (χ1v) is 5.45. The molecule has 4 nitrogen and oxygen atoms in total. The number of hydrogen-bond donors (Lipinski definition) is 2. The number of benzene rings is 1. The molecule has 2 N–H and O–H groups in total. The molecule has 1 atom stereocenters. The fraction of sp³-hybridized carbons (Fsp3) is 0.417. The number of amides is 1. The summed E-state index contributed by atoms with van der Waals surface area (Å²) in [6, 6.07) is 5.78. The first-order valence-electron chi connectivity index (χ1n) is 5.45. The van der Waals surface area contributed by atoms with Crippen molar-refractivity contribution in [3.63, 3.8) is 0 Å². The third-order valence-corrected chi connectivity index (χ3v) is 2.07. The van der Waals surface area contributed by atoms with Gasteiger partial charge in [0.15, 0.2) is 0 Å². The van der Waals surface area contributed by atoms with Gasteiger partial charge in [-0.2, -0.15) is 0 Å². The number of carbonyl (C=O) groups is 1. The Labute approximate surface area is 112 Å². The highest BCUT2D eigenvalue weighted by molar-refractivity contribution is 5.85. The molecule has 1 aromatic carbocycles. The fourth-order valence-corrected chi connectivity index (χ4v) is 1.27. The molecular formula is C12H18ClFN2O2. The molecule has 0 aromatic heterocycles. The maximum atomic E-state index is 12.6. The van der Waals surface area contributed by atoms with Crippen LogP contribution in [-0.2, 0) is 4.79 Å². The van der Waals surface area contributed by atoms with Crippen molar-refractivity contribution < 1.29 is 13.9 Å². The third-order valence-electron chi connectivity index (χ3n) is 2.07. The summed E-state index contributed by atoms with van der Waals surface area (Å²) in [5, 5.41) is 5.47. The van der Waals surface area contributed by atoms with Crippen molar-refractivity contribution in [3.8, 4) is 5.75 Å². The molecule has 0 aliphatic rings. The quantitative estimate of drug-likeness (QED) is 0.825. The summed E-state index contributed by atoms with van der Waals surface area (Å²) >= 11 is 0. The molecule has 0 saturated heterocycles. The zero-order chi connectivity index (χ0) is 12.7. The van der Waals surface area contributed by atoms with Crippen molar-refractivity contribution in [2.75, 3.05) is 20.1 Å². The molecule has 0 fully saturated rings. The second-order valence-corrected chi connectivity index (χ2v) is 3.72. The summed E-state index contributed by atoms with van der Waals surface area (Å²) < 4.78 is 18.1. The van der Waals surface area contributed by atoms with Gasteiger partial charge in [0.05, 0.1) is 13.1 Å². The Morgan fingerprint density at radius 3 is 2.56 bits per heavy atom. The second kappa shape index (κ2) is 8.72. The topological polar surface area (TPSA) is 50.4 Å². The van der Waals surface area contributed by atoms with Crippen LogP contribution in [-0.4, -0.2) is 32.1 Å². The van der Waals surface area contributed by atoms with E-state index in [-0.39, 0.29) is 36.8 Å². The van der Waals surface area contributed by atoms with Gasteiger partial charge >= 0.3 is 0 Å². The first-order chi connectivity index (χ1) is 8.11. The van der Waals surface area contributed by atoms with Crippen LogP contribution < -0.4 is 15.4 Å². The van der Waals surface area contributed by atoms with E-state index in [1.165, 1.54) is 12.1 Å². The predicted octanol–water partition coefficient (Wildman–Crippen LogP) is 1.35. The molecule has 0 spiro atoms. The van der Waals surface area contributed by atoms with Gasteiger partial charge < -0.3 is 15.4 Å². The lowest BCUT2D eigenvalue weighted by atomic mass is 10.3. The van der Waals surface area contributed by atoms with E-state index in [1.807, 2.05) is 6.92 Å². The van der Waals surface area contributed by atoms with Crippen molar-refractivity contribution in [2.45, 2.75) is 13.0 Å². The molecule has 0 saturated carbocycles. The minimum atomic E-state index is -0.299. The minimum absolute atomic E-state index is 0. The number of halogens is 2. The lowest BCUT2D eigenvalue weighted by molar-refractivity contribution is -0.120. The highest BCUT2D eigenvalue weighted by atomic mass is 35.5. The zero-order valence-corrected chi connectivity index (χ0v) is 11.2. The maximum absolute atomic E-state index is 12.6. The van der Waals surface area contributed by atoms with Crippen molar-refractivity contribution in [3.05, 3.63) is 30.1 Å². The Balaban J connectivity index is 0.00000289. The van der Waals surface area contributed by atoms with Crippen LogP contribution in [0.15, 0.2) is 24.3 Å². The maximum Gasteiger partial charge on any atom is 0.234 e. The molecule has 1 aromatic rings. The van der Waals surface area contributed by atoms with Crippen LogP contribution in [0.1, 0.15) is 6.92 Å². The number of ether oxygens (including phenoxy) is 1. The van der Waals surface area contributed by atoms with E-state index in [0.29, 0.717) is 12.3 Å². The molecule has 1 rings (SSSR count). The Bertz CT molecular complexity index is 360. The molecule has 6 heteroatoms. The van der Waals surface area contributed by atoms with Crippen molar-refractivity contribution >= 4 is 18.3 Å². The minimum Gasteiger partial charge on any atom is -0.489 e. The van der Waals surface area contributed by atoms with E-state index in [0.717, 1.165) is 0 Å². The van der Waals surface area contributed by atoms with Crippen LogP contribution in [0.5, 0.6) is 5.75 Å². The predicted molar refractivity (Wildman–Crippen MR) is 70.7 cm³/mol. The molecule has 18 heavy (non-hydrogen) atoms. The van der Waals surface area contributed by atoms with E-state index in [9.17, 15) is 9.18 Å². The fourth-order valence-electron chi connectivity index (χ4n) is 1.27. The van der Waals surface area contributed by atoms with E-state index < -0.39 is 0 Å². The summed E-state index contributed by atoms with van der Waals surface area (Å²) in [4.78, 5) is 11.2. The van der Waals surface area contributed by atoms with Gasteiger partial charge in [-0.25, -0.2) is 4.39 Å². The van der Waals surface area contributed by atoms with Gasteiger partial charge in [0.25, 0.3) is 0 Å². The van der Waals surface area contributed by atoms with E-state index in [4.69, 9.17) is 4.74 Å². The standard InChI is InChI=1S/C12H17FN2O2.ClH/c1-9(7-15-12(16)8-14-2)17-11-5-3-10(13)4-6-11;/h3-6,9,14H,7-8H2,1-2H3,(H,15,16);1H. The average molecular weight is 277 g/mol. The Morgan fingerprint density at radius 1 is 1.39 bits per heavy atom. The monoisotopic (exact) mass is 276 g/mol. The molecule has 0 aliphatic carbocycles. The van der Waals surface area contributed by atoms with Crippen LogP contribution in [0.25, 0.3) is 0 Å². The Hall–Kier alpha value is -1.33. The summed E-state index contributed by atoms with van der Waals surface area (Å²) in [6.45, 7) is 2.53. The second-order valence-electron chi connectivity index (χ2n) is 3.72. The van der Waals surface area contributed by atoms with Gasteiger partial charge in [0, 0.05) is 0 Å². The van der Waals surface area contributed by atoms with E-state index in [2.05, 4.69) is 10.6 Å². The number of carbonyl (C=O) groups excluding carboxylic acids is 1. The molecule has 0 aliphatic heterocycles. The number of hydrogen-bond acceptors (Lipinski definition) is 3. The van der Waals surface area contributed by atoms with Crippen LogP contribution in [0, 0.1) is 5.82 Å². The summed E-state index contributed by atoms with van der Waals surface area (Å²) in [5.74, 6) is 0.205. The molecule has 1 unspecified atom stereocenters. The summed E-state index contributed by atoms with van der Waals surface area (Å²) in [7, 11) is 1.71. The van der Waals surface area contributed by atoms with Gasteiger partial charge in [-0.1, -0.05) is 0 Å². The number of rotatable bonds is 6. The average Bonchev–Trinajstić information content (AvgIpc) is 2.30. The Kier molecular flexibility index (Phi) is 8.07. The molecule has 1 amide bonds. The van der Waals surface area contributed by atoms with Gasteiger partial charge in [0.1, 0.15) is 17.7 Å². The van der Waals surface area contributed by atoms with Crippen molar-refractivity contribution in [1.82, 2.24) is 10.6 Å². The third kappa shape index (κ3) is 6.42. The van der Waals surface area contributed by atoms with Gasteiger partial charge in [-0.3, -0.25) is 4.79 Å². The lowest BCUT2D eigenvalue weighted by Gasteiger charge is -2.15. The molecule has 0 radical (unpaired) electrons. The van der Waals surface area contributed by atoms with Gasteiger partial charge in [-0.15, -0.1) is 12.4 Å². The van der Waals surface area contributed by atoms with Gasteiger partial charge in [0.2, 0.25) is 5.91 Å². The number of nitrogens with one attached hydrogen (secondary N) is 2. The van der Waals surface area contributed by atoms with Crippen LogP contribution in [0.2, 0.25) is 0 Å². The largest absolute Gasteiger partial charge is 0.489 e. The lowest BCUT2D eigenvalue weighted by Crippen LogP contribution is -2.38. The summed E-state index contributed by atoms with van der Waals surface area (Å²) in [6.07, 6.45) is -0.165. The first kappa shape index (κ1) is 16.7. The SMILES string of the molecule is CNCC(=O)NCC(C)Oc1ccc(F)cc1.Cl. The normalized spacial score (nSPS) is 11.3.